The van der Waals surface area contributed by atoms with Gasteiger partial charge in [0, 0.05) is 20.1 Å². The molecule has 4 aromatic rings. The van der Waals surface area contributed by atoms with Crippen molar-refractivity contribution in [3.63, 3.8) is 0 Å². The van der Waals surface area contributed by atoms with Gasteiger partial charge >= 0.3 is 0 Å². The Hall–Kier alpha value is -3.04. The zero-order valence-corrected chi connectivity index (χ0v) is 21.6. The van der Waals surface area contributed by atoms with Crippen LogP contribution in [0.1, 0.15) is 23.9 Å². The number of fused-ring (bicyclic) bond motifs is 1. The Morgan fingerprint density at radius 3 is 2.62 bits per heavy atom. The Morgan fingerprint density at radius 1 is 1.09 bits per heavy atom. The Bertz CT molecular complexity index is 1450. The van der Waals surface area contributed by atoms with Crippen LogP contribution in [0, 0.1) is 12.7 Å². The number of aromatic nitrogens is 2. The highest BCUT2D eigenvalue weighted by Crippen LogP contribution is 2.34. The Kier molecular flexibility index (Phi) is 7.43. The first kappa shape index (κ1) is 24.1. The van der Waals surface area contributed by atoms with E-state index in [-0.39, 0.29) is 18.0 Å². The average molecular weight is 589 g/mol. The molecule has 0 aliphatic heterocycles. The molecule has 4 rings (SSSR count). The Balaban J connectivity index is 1.67. The van der Waals surface area contributed by atoms with Crippen LogP contribution >= 0.6 is 31.9 Å². The molecule has 3 aromatic carbocycles. The van der Waals surface area contributed by atoms with Crippen LogP contribution in [0.5, 0.6) is 11.5 Å². The van der Waals surface area contributed by atoms with E-state index in [1.54, 1.807) is 55.6 Å². The quantitative estimate of drug-likeness (QED) is 0.240. The van der Waals surface area contributed by atoms with E-state index in [0.717, 1.165) is 4.47 Å². The molecule has 9 heteroatoms. The molecule has 0 bridgehead atoms. The maximum Gasteiger partial charge on any atom is 0.282 e. The number of rotatable bonds is 7. The highest BCUT2D eigenvalue weighted by molar-refractivity contribution is 9.10. The molecule has 0 amide bonds. The van der Waals surface area contributed by atoms with Crippen LogP contribution in [0.2, 0.25) is 0 Å². The summed E-state index contributed by atoms with van der Waals surface area (Å²) in [6, 6.07) is 15.3. The highest BCUT2D eigenvalue weighted by atomic mass is 79.9. The van der Waals surface area contributed by atoms with Crippen LogP contribution in [0.25, 0.3) is 10.9 Å². The minimum Gasteiger partial charge on any atom is -0.490 e. The molecule has 0 atom stereocenters. The van der Waals surface area contributed by atoms with Gasteiger partial charge in [-0.05, 0) is 66.2 Å². The average Bonchev–Trinajstić information content (AvgIpc) is 2.81. The highest BCUT2D eigenvalue weighted by Gasteiger charge is 2.13. The van der Waals surface area contributed by atoms with Gasteiger partial charge in [0.25, 0.3) is 5.56 Å². The molecule has 6 nitrogen and oxygen atoms in total. The van der Waals surface area contributed by atoms with E-state index in [9.17, 15) is 9.18 Å². The molecule has 0 saturated heterocycles. The topological polar surface area (TPSA) is 65.7 Å². The summed E-state index contributed by atoms with van der Waals surface area (Å²) in [7, 11) is 0. The van der Waals surface area contributed by atoms with Crippen LogP contribution in [-0.2, 0) is 6.61 Å². The van der Waals surface area contributed by atoms with Gasteiger partial charge in [0.15, 0.2) is 11.5 Å². The van der Waals surface area contributed by atoms with Gasteiger partial charge in [-0.25, -0.2) is 9.37 Å². The lowest BCUT2D eigenvalue weighted by atomic mass is 10.2. The smallest absolute Gasteiger partial charge is 0.282 e. The number of hydrogen-bond donors (Lipinski definition) is 0. The van der Waals surface area contributed by atoms with E-state index in [0.29, 0.717) is 50.4 Å². The van der Waals surface area contributed by atoms with Crippen molar-refractivity contribution in [2.24, 2.45) is 5.10 Å². The third-order valence-corrected chi connectivity index (χ3v) is 6.17. The fourth-order valence-corrected chi connectivity index (χ4v) is 4.10. The van der Waals surface area contributed by atoms with E-state index < -0.39 is 0 Å². The second-order valence-corrected chi connectivity index (χ2v) is 9.09. The van der Waals surface area contributed by atoms with E-state index in [1.807, 2.05) is 13.0 Å². The number of aryl methyl sites for hydroxylation is 1. The summed E-state index contributed by atoms with van der Waals surface area (Å²) in [5.41, 5.74) is 1.44. The maximum atomic E-state index is 14.0. The molecule has 0 radical (unpaired) electrons. The number of hydrogen-bond acceptors (Lipinski definition) is 5. The summed E-state index contributed by atoms with van der Waals surface area (Å²) < 4.78 is 28.2. The van der Waals surface area contributed by atoms with Gasteiger partial charge in [0.2, 0.25) is 0 Å². The predicted molar refractivity (Wildman–Crippen MR) is 137 cm³/mol. The fourth-order valence-electron chi connectivity index (χ4n) is 3.32. The third kappa shape index (κ3) is 5.20. The molecule has 1 heterocycles. The lowest BCUT2D eigenvalue weighted by molar-refractivity contribution is 0.265. The molecular formula is C25H20Br2FN3O3. The number of halogens is 3. The van der Waals surface area contributed by atoms with E-state index in [4.69, 9.17) is 9.47 Å². The number of benzene rings is 3. The monoisotopic (exact) mass is 587 g/mol. The van der Waals surface area contributed by atoms with E-state index in [2.05, 4.69) is 41.9 Å². The van der Waals surface area contributed by atoms with Gasteiger partial charge < -0.3 is 9.47 Å². The van der Waals surface area contributed by atoms with Gasteiger partial charge in [-0.1, -0.05) is 34.1 Å². The lowest BCUT2D eigenvalue weighted by Gasteiger charge is -2.14. The molecule has 0 unspecified atom stereocenters. The first-order valence-electron chi connectivity index (χ1n) is 10.4. The molecule has 0 aliphatic carbocycles. The second kappa shape index (κ2) is 10.5. The summed E-state index contributed by atoms with van der Waals surface area (Å²) in [5, 5.41) is 4.84. The van der Waals surface area contributed by atoms with Crippen molar-refractivity contribution >= 4 is 49.0 Å². The lowest BCUT2D eigenvalue weighted by Crippen LogP contribution is -2.20. The van der Waals surface area contributed by atoms with Crippen molar-refractivity contribution in [3.8, 4) is 11.5 Å². The van der Waals surface area contributed by atoms with Gasteiger partial charge in [-0.3, -0.25) is 4.79 Å². The zero-order chi connectivity index (χ0) is 24.2. The van der Waals surface area contributed by atoms with Crippen LogP contribution in [0.15, 0.2) is 73.4 Å². The van der Waals surface area contributed by atoms with Crippen molar-refractivity contribution in [1.82, 2.24) is 9.66 Å². The predicted octanol–water partition coefficient (Wildman–Crippen LogP) is 6.23. The van der Waals surface area contributed by atoms with Crippen LogP contribution in [0.3, 0.4) is 0 Å². The van der Waals surface area contributed by atoms with Gasteiger partial charge in [-0.2, -0.15) is 9.78 Å². The molecule has 1 aromatic heterocycles. The molecule has 34 heavy (non-hydrogen) atoms. The molecule has 0 spiro atoms. The summed E-state index contributed by atoms with van der Waals surface area (Å²) in [4.78, 5) is 17.5. The van der Waals surface area contributed by atoms with Crippen molar-refractivity contribution in [2.75, 3.05) is 6.61 Å². The van der Waals surface area contributed by atoms with Crippen molar-refractivity contribution in [3.05, 3.63) is 96.7 Å². The maximum absolute atomic E-state index is 14.0. The minimum atomic E-state index is -0.333. The standard InChI is InChI=1S/C25H20Br2FN3O3/c1-3-33-23-10-17(20(27)12-24(23)34-14-16-6-4-5-7-21(16)28)13-29-31-15(2)30-22-9-8-18(26)11-19(22)25(31)32/h4-13H,3,14H2,1-2H3. The second-order valence-electron chi connectivity index (χ2n) is 7.32. The van der Waals surface area contributed by atoms with Gasteiger partial charge in [-0.15, -0.1) is 0 Å². The summed E-state index contributed by atoms with van der Waals surface area (Å²) >= 11 is 6.91. The van der Waals surface area contributed by atoms with Crippen molar-refractivity contribution < 1.29 is 13.9 Å². The third-order valence-electron chi connectivity index (χ3n) is 4.99. The molecule has 0 N–H and O–H groups in total. The number of nitrogens with zero attached hydrogens (tertiary/aromatic N) is 3. The molecule has 0 fully saturated rings. The molecule has 0 saturated carbocycles. The number of ether oxygens (including phenoxy) is 2. The van der Waals surface area contributed by atoms with Gasteiger partial charge in [0.05, 0.1) is 23.7 Å². The van der Waals surface area contributed by atoms with E-state index in [1.165, 1.54) is 10.7 Å². The van der Waals surface area contributed by atoms with Crippen LogP contribution in [-0.4, -0.2) is 22.5 Å². The summed E-state index contributed by atoms with van der Waals surface area (Å²) in [5.74, 6) is 1.06. The van der Waals surface area contributed by atoms with Crippen molar-refractivity contribution in [2.45, 2.75) is 20.5 Å². The normalized spacial score (nSPS) is 11.3. The fraction of sp³-hybridized carbons (Fsp3) is 0.160. The van der Waals surface area contributed by atoms with E-state index >= 15 is 0 Å². The van der Waals surface area contributed by atoms with Gasteiger partial charge in [0.1, 0.15) is 18.2 Å². The first-order chi connectivity index (χ1) is 16.4. The summed E-state index contributed by atoms with van der Waals surface area (Å²) in [6.45, 7) is 4.05. The minimum absolute atomic E-state index is 0.0551. The van der Waals surface area contributed by atoms with Crippen LogP contribution in [0.4, 0.5) is 4.39 Å². The Morgan fingerprint density at radius 2 is 1.85 bits per heavy atom. The Labute approximate surface area is 212 Å². The molecular weight excluding hydrogens is 569 g/mol. The summed E-state index contributed by atoms with van der Waals surface area (Å²) in [6.07, 6.45) is 1.55. The van der Waals surface area contributed by atoms with Crippen LogP contribution < -0.4 is 15.0 Å². The zero-order valence-electron chi connectivity index (χ0n) is 18.4. The molecule has 0 aliphatic rings. The SMILES string of the molecule is CCOc1cc(C=Nn2c(C)nc3ccc(Br)cc3c2=O)c(Br)cc1OCc1ccccc1F. The molecule has 174 valence electrons. The first-order valence-corrected chi connectivity index (χ1v) is 12.0. The largest absolute Gasteiger partial charge is 0.490 e. The van der Waals surface area contributed by atoms with Crippen molar-refractivity contribution in [1.29, 1.82) is 0 Å².